The minimum atomic E-state index is -3.54. The molecule has 0 aliphatic carbocycles. The third kappa shape index (κ3) is 7.37. The van der Waals surface area contributed by atoms with Gasteiger partial charge in [0, 0.05) is 25.0 Å². The molecular formula is C18H29ClNO5P. The van der Waals surface area contributed by atoms with Gasteiger partial charge in [0.15, 0.2) is 5.85 Å². The van der Waals surface area contributed by atoms with Crippen molar-refractivity contribution < 1.29 is 23.5 Å². The van der Waals surface area contributed by atoms with E-state index in [4.69, 9.17) is 20.6 Å². The highest BCUT2D eigenvalue weighted by Crippen LogP contribution is 2.53. The van der Waals surface area contributed by atoms with Crippen LogP contribution in [0.25, 0.3) is 0 Å². The average Bonchev–Trinajstić information content (AvgIpc) is 2.61. The molecular weight excluding hydrogens is 377 g/mol. The van der Waals surface area contributed by atoms with Crippen LogP contribution in [0.1, 0.15) is 38.7 Å². The number of carbonyl (C=O) groups excluding carboxylic acids is 1. The minimum absolute atomic E-state index is 0.0353. The van der Waals surface area contributed by atoms with Crippen molar-refractivity contribution in [2.45, 2.75) is 45.4 Å². The number of rotatable bonds is 12. The van der Waals surface area contributed by atoms with Gasteiger partial charge in [0.2, 0.25) is 5.91 Å². The number of halogens is 1. The van der Waals surface area contributed by atoms with Crippen molar-refractivity contribution in [3.8, 4) is 0 Å². The van der Waals surface area contributed by atoms with Gasteiger partial charge in [-0.15, -0.1) is 0 Å². The summed E-state index contributed by atoms with van der Waals surface area (Å²) in [5, 5.41) is 10.8. The maximum absolute atomic E-state index is 12.4. The van der Waals surface area contributed by atoms with Crippen molar-refractivity contribution in [1.29, 1.82) is 0 Å². The Hall–Kier alpha value is -0.910. The van der Waals surface area contributed by atoms with Crippen LogP contribution in [0.2, 0.25) is 5.02 Å². The zero-order chi connectivity index (χ0) is 19.6. The molecule has 1 aromatic rings. The van der Waals surface area contributed by atoms with Gasteiger partial charge in [0.1, 0.15) is 0 Å². The van der Waals surface area contributed by atoms with Gasteiger partial charge in [-0.1, -0.05) is 29.8 Å². The largest absolute Gasteiger partial charge is 0.380 e. The molecule has 1 atom stereocenters. The molecule has 0 saturated carbocycles. The van der Waals surface area contributed by atoms with Crippen LogP contribution in [-0.4, -0.2) is 48.6 Å². The molecule has 0 spiro atoms. The van der Waals surface area contributed by atoms with Crippen LogP contribution in [0.5, 0.6) is 0 Å². The fourth-order valence-corrected chi connectivity index (χ4v) is 4.34. The Labute approximate surface area is 161 Å². The topological polar surface area (TPSA) is 76.1 Å². The highest BCUT2D eigenvalue weighted by Gasteiger charge is 2.33. The normalized spacial score (nSPS) is 12.8. The van der Waals surface area contributed by atoms with Gasteiger partial charge < -0.3 is 19.1 Å². The first-order valence-electron chi connectivity index (χ1n) is 8.88. The predicted octanol–water partition coefficient (Wildman–Crippen LogP) is 4.10. The zero-order valence-corrected chi connectivity index (χ0v) is 17.3. The number of likely N-dealkylation sites (N-methyl/N-ethyl adjacent to an activating group) is 1. The van der Waals surface area contributed by atoms with Gasteiger partial charge in [-0.3, -0.25) is 9.36 Å². The Morgan fingerprint density at radius 2 is 1.88 bits per heavy atom. The molecule has 0 aromatic heterocycles. The lowest BCUT2D eigenvalue weighted by Crippen LogP contribution is -2.28. The van der Waals surface area contributed by atoms with E-state index in [-0.39, 0.29) is 32.0 Å². The molecule has 1 rings (SSSR count). The number of amides is 1. The molecule has 0 fully saturated rings. The summed E-state index contributed by atoms with van der Waals surface area (Å²) in [6.07, 6.45) is 1.52. The molecule has 1 aromatic carbocycles. The highest BCUT2D eigenvalue weighted by molar-refractivity contribution is 7.54. The fraction of sp³-hybridized carbons (Fsp3) is 0.611. The Kier molecular flexibility index (Phi) is 10.4. The number of hydrogen-bond acceptors (Lipinski definition) is 5. The number of nitrogens with zero attached hydrogens (tertiary/aromatic N) is 1. The SMILES string of the molecule is CCOP(=O)(OCC)C(O)CCCC(=O)N(C)CCc1ccccc1Cl. The van der Waals surface area contributed by atoms with Crippen molar-refractivity contribution in [2.24, 2.45) is 0 Å². The summed E-state index contributed by atoms with van der Waals surface area (Å²) in [5.41, 5.74) is 0.999. The highest BCUT2D eigenvalue weighted by atomic mass is 35.5. The maximum Gasteiger partial charge on any atom is 0.358 e. The summed E-state index contributed by atoms with van der Waals surface area (Å²) in [4.78, 5) is 13.9. The molecule has 0 aliphatic heterocycles. The van der Waals surface area contributed by atoms with E-state index in [1.165, 1.54) is 0 Å². The summed E-state index contributed by atoms with van der Waals surface area (Å²) in [6.45, 7) is 4.32. The smallest absolute Gasteiger partial charge is 0.358 e. The van der Waals surface area contributed by atoms with Gasteiger partial charge in [0.05, 0.1) is 13.2 Å². The zero-order valence-electron chi connectivity index (χ0n) is 15.7. The van der Waals surface area contributed by atoms with Crippen molar-refractivity contribution in [3.05, 3.63) is 34.9 Å². The monoisotopic (exact) mass is 405 g/mol. The molecule has 0 aliphatic rings. The Bertz CT molecular complexity index is 603. The number of benzene rings is 1. The summed E-state index contributed by atoms with van der Waals surface area (Å²) in [6, 6.07) is 7.56. The second kappa shape index (κ2) is 11.7. The standard InChI is InChI=1S/C18H29ClNO5P/c1-4-24-26(23,25-5-2)18(22)12-8-11-17(21)20(3)14-13-15-9-6-7-10-16(15)19/h6-7,9-10,18,22H,4-5,8,11-14H2,1-3H3. The van der Waals surface area contributed by atoms with Crippen LogP contribution in [0.3, 0.4) is 0 Å². The second-order valence-electron chi connectivity index (χ2n) is 5.90. The van der Waals surface area contributed by atoms with Crippen LogP contribution in [0.4, 0.5) is 0 Å². The van der Waals surface area contributed by atoms with Gasteiger partial charge in [-0.2, -0.15) is 0 Å². The lowest BCUT2D eigenvalue weighted by atomic mass is 10.1. The van der Waals surface area contributed by atoms with Crippen LogP contribution in [0, 0.1) is 0 Å². The first kappa shape index (κ1) is 23.1. The maximum atomic E-state index is 12.4. The van der Waals surface area contributed by atoms with Crippen molar-refractivity contribution in [2.75, 3.05) is 26.8 Å². The van der Waals surface area contributed by atoms with E-state index in [0.717, 1.165) is 5.56 Å². The second-order valence-corrected chi connectivity index (χ2v) is 8.50. The minimum Gasteiger partial charge on any atom is -0.380 e. The Morgan fingerprint density at radius 3 is 2.46 bits per heavy atom. The van der Waals surface area contributed by atoms with E-state index in [9.17, 15) is 14.5 Å². The van der Waals surface area contributed by atoms with Crippen molar-refractivity contribution >= 4 is 25.1 Å². The fourth-order valence-electron chi connectivity index (χ4n) is 2.47. The van der Waals surface area contributed by atoms with Crippen LogP contribution in [0.15, 0.2) is 24.3 Å². The van der Waals surface area contributed by atoms with E-state index >= 15 is 0 Å². The third-order valence-electron chi connectivity index (χ3n) is 3.94. The van der Waals surface area contributed by atoms with Crippen LogP contribution < -0.4 is 0 Å². The molecule has 1 amide bonds. The molecule has 1 N–H and O–H groups in total. The average molecular weight is 406 g/mol. The number of hydrogen-bond donors (Lipinski definition) is 1. The lowest BCUT2D eigenvalue weighted by molar-refractivity contribution is -0.130. The predicted molar refractivity (Wildman–Crippen MR) is 104 cm³/mol. The molecule has 0 bridgehead atoms. The number of aliphatic hydroxyl groups excluding tert-OH is 1. The molecule has 6 nitrogen and oxygen atoms in total. The first-order chi connectivity index (χ1) is 12.3. The van der Waals surface area contributed by atoms with Crippen molar-refractivity contribution in [3.63, 3.8) is 0 Å². The van der Waals surface area contributed by atoms with E-state index in [0.29, 0.717) is 24.4 Å². The van der Waals surface area contributed by atoms with Gasteiger partial charge >= 0.3 is 7.60 Å². The molecule has 0 radical (unpaired) electrons. The molecule has 0 heterocycles. The van der Waals surface area contributed by atoms with E-state index < -0.39 is 13.4 Å². The molecule has 1 unspecified atom stereocenters. The van der Waals surface area contributed by atoms with E-state index in [2.05, 4.69) is 0 Å². The van der Waals surface area contributed by atoms with Gasteiger partial charge in [-0.05, 0) is 44.7 Å². The summed E-state index contributed by atoms with van der Waals surface area (Å²) >= 11 is 6.12. The Balaban J connectivity index is 2.40. The molecule has 26 heavy (non-hydrogen) atoms. The molecule has 0 saturated heterocycles. The Morgan fingerprint density at radius 1 is 1.27 bits per heavy atom. The molecule has 148 valence electrons. The molecule has 8 heteroatoms. The number of aliphatic hydroxyl groups is 1. The number of carbonyl (C=O) groups is 1. The van der Waals surface area contributed by atoms with Gasteiger partial charge in [0.25, 0.3) is 0 Å². The lowest BCUT2D eigenvalue weighted by Gasteiger charge is -2.22. The summed E-state index contributed by atoms with van der Waals surface area (Å²) in [7, 11) is -1.80. The summed E-state index contributed by atoms with van der Waals surface area (Å²) in [5.74, 6) is -1.25. The summed E-state index contributed by atoms with van der Waals surface area (Å²) < 4.78 is 22.6. The third-order valence-corrected chi connectivity index (χ3v) is 6.53. The quantitative estimate of drug-likeness (QED) is 0.530. The van der Waals surface area contributed by atoms with E-state index in [1.807, 2.05) is 24.3 Å². The van der Waals surface area contributed by atoms with Crippen LogP contribution >= 0.6 is 19.2 Å². The van der Waals surface area contributed by atoms with E-state index in [1.54, 1.807) is 25.8 Å². The van der Waals surface area contributed by atoms with Crippen molar-refractivity contribution in [1.82, 2.24) is 4.90 Å². The first-order valence-corrected chi connectivity index (χ1v) is 10.9. The van der Waals surface area contributed by atoms with Crippen LogP contribution in [-0.2, 0) is 24.8 Å². The van der Waals surface area contributed by atoms with Gasteiger partial charge in [-0.25, -0.2) is 0 Å².